The number of morpholine rings is 1. The third-order valence-electron chi connectivity index (χ3n) is 4.66. The van der Waals surface area contributed by atoms with E-state index in [0.29, 0.717) is 19.1 Å². The lowest BCUT2D eigenvalue weighted by Crippen LogP contribution is -2.43. The zero-order valence-corrected chi connectivity index (χ0v) is 14.4. The minimum Gasteiger partial charge on any atom is -0.383 e. The first kappa shape index (κ1) is 17.5. The van der Waals surface area contributed by atoms with Crippen LogP contribution in [0.25, 0.3) is 0 Å². The van der Waals surface area contributed by atoms with Gasteiger partial charge in [0.2, 0.25) is 0 Å². The van der Waals surface area contributed by atoms with E-state index in [2.05, 4.69) is 20.2 Å². The molecule has 2 aliphatic heterocycles. The van der Waals surface area contributed by atoms with Gasteiger partial charge in [0.05, 0.1) is 25.9 Å². The van der Waals surface area contributed by atoms with E-state index in [4.69, 9.17) is 14.2 Å². The van der Waals surface area contributed by atoms with Crippen molar-refractivity contribution in [1.29, 1.82) is 0 Å². The molecule has 3 heterocycles. The molecule has 1 atom stereocenters. The first-order valence-corrected chi connectivity index (χ1v) is 8.82. The minimum atomic E-state index is 0.130. The van der Waals surface area contributed by atoms with E-state index < -0.39 is 0 Å². The van der Waals surface area contributed by atoms with Gasteiger partial charge in [0.25, 0.3) is 0 Å². The average Bonchev–Trinajstić information content (AvgIpc) is 2.64. The van der Waals surface area contributed by atoms with Gasteiger partial charge in [0.15, 0.2) is 0 Å². The molecule has 2 saturated heterocycles. The Hall–Kier alpha value is -1.28. The summed E-state index contributed by atoms with van der Waals surface area (Å²) in [5.74, 6) is 2.38. The molecular weight excluding hydrogens is 308 g/mol. The van der Waals surface area contributed by atoms with Gasteiger partial charge in [0.1, 0.15) is 11.6 Å². The topological polar surface area (TPSA) is 68.7 Å². The molecule has 2 aliphatic rings. The third-order valence-corrected chi connectivity index (χ3v) is 4.66. The first-order valence-electron chi connectivity index (χ1n) is 8.82. The number of hydrogen-bond acceptors (Lipinski definition) is 7. The highest BCUT2D eigenvalue weighted by Crippen LogP contribution is 2.26. The molecule has 0 aromatic carbocycles. The Bertz CT molecular complexity index is 496. The number of hydrogen-bond donors (Lipinski definition) is 1. The zero-order chi connectivity index (χ0) is 16.6. The SMILES string of the molecule is COCCNc1ccnc(C2COCCN2CC2CCOCC2)n1. The fraction of sp³-hybridized carbons (Fsp3) is 0.765. The molecular formula is C17H28N4O3. The molecule has 3 rings (SSSR count). The second-order valence-electron chi connectivity index (χ2n) is 6.36. The van der Waals surface area contributed by atoms with Crippen molar-refractivity contribution >= 4 is 5.82 Å². The van der Waals surface area contributed by atoms with E-state index >= 15 is 0 Å². The van der Waals surface area contributed by atoms with Crippen LogP contribution in [0.4, 0.5) is 5.82 Å². The van der Waals surface area contributed by atoms with Crippen LogP contribution in [0, 0.1) is 5.92 Å². The highest BCUT2D eigenvalue weighted by Gasteiger charge is 2.29. The molecule has 7 heteroatoms. The molecule has 0 saturated carbocycles. The number of aromatic nitrogens is 2. The van der Waals surface area contributed by atoms with Crippen LogP contribution in [0.1, 0.15) is 24.7 Å². The van der Waals surface area contributed by atoms with E-state index in [-0.39, 0.29) is 6.04 Å². The summed E-state index contributed by atoms with van der Waals surface area (Å²) < 4.78 is 16.3. The number of anilines is 1. The number of ether oxygens (including phenoxy) is 3. The maximum atomic E-state index is 5.71. The fourth-order valence-corrected chi connectivity index (χ4v) is 3.27. The summed E-state index contributed by atoms with van der Waals surface area (Å²) in [6, 6.07) is 2.02. The number of nitrogens with zero attached hydrogens (tertiary/aromatic N) is 3. The van der Waals surface area contributed by atoms with Crippen LogP contribution in [-0.2, 0) is 14.2 Å². The normalized spacial score (nSPS) is 23.3. The van der Waals surface area contributed by atoms with Gasteiger partial charge in [-0.15, -0.1) is 0 Å². The van der Waals surface area contributed by atoms with Crippen LogP contribution in [0.5, 0.6) is 0 Å². The number of nitrogens with one attached hydrogen (secondary N) is 1. The summed E-state index contributed by atoms with van der Waals surface area (Å²) in [6.45, 7) is 6.61. The Balaban J connectivity index is 1.64. The van der Waals surface area contributed by atoms with Gasteiger partial charge in [-0.1, -0.05) is 0 Å². The lowest BCUT2D eigenvalue weighted by atomic mass is 9.98. The van der Waals surface area contributed by atoms with Crippen LogP contribution < -0.4 is 5.32 Å². The molecule has 0 aliphatic carbocycles. The summed E-state index contributed by atoms with van der Waals surface area (Å²) >= 11 is 0. The average molecular weight is 336 g/mol. The molecule has 1 aromatic rings. The highest BCUT2D eigenvalue weighted by molar-refractivity contribution is 5.33. The summed E-state index contributed by atoms with van der Waals surface area (Å²) in [7, 11) is 1.70. The first-order chi connectivity index (χ1) is 11.9. The number of rotatable bonds is 7. The molecule has 0 radical (unpaired) electrons. The maximum absolute atomic E-state index is 5.71. The maximum Gasteiger partial charge on any atom is 0.150 e. The smallest absolute Gasteiger partial charge is 0.150 e. The van der Waals surface area contributed by atoms with Crippen LogP contribution in [0.3, 0.4) is 0 Å². The lowest BCUT2D eigenvalue weighted by Gasteiger charge is -2.37. The number of methoxy groups -OCH3 is 1. The third kappa shape index (κ3) is 4.86. The quantitative estimate of drug-likeness (QED) is 0.754. The van der Waals surface area contributed by atoms with Gasteiger partial charge in [-0.05, 0) is 24.8 Å². The highest BCUT2D eigenvalue weighted by atomic mass is 16.5. The molecule has 24 heavy (non-hydrogen) atoms. The van der Waals surface area contributed by atoms with Gasteiger partial charge < -0.3 is 19.5 Å². The Kier molecular flexibility index (Phi) is 6.77. The van der Waals surface area contributed by atoms with Crippen molar-refractivity contribution in [2.75, 3.05) is 65.1 Å². The van der Waals surface area contributed by atoms with Crippen molar-refractivity contribution in [2.24, 2.45) is 5.92 Å². The van der Waals surface area contributed by atoms with Crippen molar-refractivity contribution in [1.82, 2.24) is 14.9 Å². The Morgan fingerprint density at radius 2 is 2.17 bits per heavy atom. The summed E-state index contributed by atoms with van der Waals surface area (Å²) in [4.78, 5) is 11.7. The van der Waals surface area contributed by atoms with Gasteiger partial charge in [0, 0.05) is 46.2 Å². The molecule has 0 bridgehead atoms. The van der Waals surface area contributed by atoms with E-state index in [0.717, 1.165) is 63.9 Å². The molecule has 1 unspecified atom stereocenters. The summed E-state index contributed by atoms with van der Waals surface area (Å²) in [5, 5.41) is 3.27. The van der Waals surface area contributed by atoms with Crippen LogP contribution >= 0.6 is 0 Å². The van der Waals surface area contributed by atoms with Crippen LogP contribution in [0.2, 0.25) is 0 Å². The molecule has 0 spiro atoms. The van der Waals surface area contributed by atoms with Crippen LogP contribution in [0.15, 0.2) is 12.3 Å². The molecule has 1 N–H and O–H groups in total. The van der Waals surface area contributed by atoms with Crippen molar-refractivity contribution in [3.63, 3.8) is 0 Å². The monoisotopic (exact) mass is 336 g/mol. The second-order valence-corrected chi connectivity index (χ2v) is 6.36. The molecule has 134 valence electrons. The summed E-state index contributed by atoms with van der Waals surface area (Å²) in [5.41, 5.74) is 0. The summed E-state index contributed by atoms with van der Waals surface area (Å²) in [6.07, 6.45) is 4.10. The molecule has 2 fully saturated rings. The standard InChI is InChI=1S/C17H28N4O3/c1-22-10-6-18-16-2-5-19-17(20-16)15-13-24-11-7-21(15)12-14-3-8-23-9-4-14/h2,5,14-15H,3-4,6-13H2,1H3,(H,18,19,20). The van der Waals surface area contributed by atoms with Crippen molar-refractivity contribution in [3.8, 4) is 0 Å². The van der Waals surface area contributed by atoms with Crippen LogP contribution in [-0.4, -0.2) is 74.6 Å². The lowest BCUT2D eigenvalue weighted by molar-refractivity contribution is -0.0295. The van der Waals surface area contributed by atoms with Crippen molar-refractivity contribution in [2.45, 2.75) is 18.9 Å². The predicted octanol–water partition coefficient (Wildman–Crippen LogP) is 1.33. The van der Waals surface area contributed by atoms with E-state index in [1.165, 1.54) is 0 Å². The Labute approximate surface area is 143 Å². The predicted molar refractivity (Wildman–Crippen MR) is 91.1 cm³/mol. The van der Waals surface area contributed by atoms with E-state index in [1.54, 1.807) is 7.11 Å². The van der Waals surface area contributed by atoms with Gasteiger partial charge in [-0.25, -0.2) is 9.97 Å². The Morgan fingerprint density at radius 1 is 1.29 bits per heavy atom. The molecule has 7 nitrogen and oxygen atoms in total. The fourth-order valence-electron chi connectivity index (χ4n) is 3.27. The second kappa shape index (κ2) is 9.27. The van der Waals surface area contributed by atoms with E-state index in [9.17, 15) is 0 Å². The molecule has 1 aromatic heterocycles. The zero-order valence-electron chi connectivity index (χ0n) is 14.4. The minimum absolute atomic E-state index is 0.130. The van der Waals surface area contributed by atoms with E-state index in [1.807, 2.05) is 12.3 Å². The van der Waals surface area contributed by atoms with Gasteiger partial charge in [-0.3, -0.25) is 4.90 Å². The van der Waals surface area contributed by atoms with Gasteiger partial charge >= 0.3 is 0 Å². The Morgan fingerprint density at radius 3 is 3.00 bits per heavy atom. The van der Waals surface area contributed by atoms with Crippen molar-refractivity contribution < 1.29 is 14.2 Å². The largest absolute Gasteiger partial charge is 0.383 e. The van der Waals surface area contributed by atoms with Gasteiger partial charge in [-0.2, -0.15) is 0 Å². The van der Waals surface area contributed by atoms with Crippen molar-refractivity contribution in [3.05, 3.63) is 18.1 Å². The molecule has 0 amide bonds.